The fourth-order valence-electron chi connectivity index (χ4n) is 2.87. The van der Waals surface area contributed by atoms with Crippen molar-refractivity contribution in [2.45, 2.75) is 31.5 Å². The molecule has 12 heavy (non-hydrogen) atoms. The van der Waals surface area contributed by atoms with Gasteiger partial charge < -0.3 is 4.74 Å². The molecule has 64 valence electrons. The lowest BCUT2D eigenvalue weighted by Crippen LogP contribution is -2.67. The van der Waals surface area contributed by atoms with Crippen molar-refractivity contribution in [1.29, 1.82) is 0 Å². The Morgan fingerprint density at radius 2 is 1.75 bits per heavy atom. The molecule has 2 aliphatic carbocycles. The first-order valence-corrected chi connectivity index (χ1v) is 4.54. The third-order valence-electron chi connectivity index (χ3n) is 3.90. The van der Waals surface area contributed by atoms with E-state index in [4.69, 9.17) is 4.74 Å². The highest BCUT2D eigenvalue weighted by Crippen LogP contribution is 2.62. The van der Waals surface area contributed by atoms with E-state index in [0.29, 0.717) is 5.78 Å². The monoisotopic (exact) mass is 164 g/mol. The predicted octanol–water partition coefficient (Wildman–Crippen LogP) is 1.31. The van der Waals surface area contributed by atoms with E-state index in [1.165, 1.54) is 0 Å². The van der Waals surface area contributed by atoms with Gasteiger partial charge in [-0.2, -0.15) is 0 Å². The fourth-order valence-corrected chi connectivity index (χ4v) is 2.87. The summed E-state index contributed by atoms with van der Waals surface area (Å²) >= 11 is 0. The van der Waals surface area contributed by atoms with Crippen molar-refractivity contribution in [2.75, 3.05) is 0 Å². The molecule has 2 saturated heterocycles. The molecule has 0 aromatic carbocycles. The van der Waals surface area contributed by atoms with Crippen LogP contribution in [0.2, 0.25) is 0 Å². The van der Waals surface area contributed by atoms with Gasteiger partial charge in [0.15, 0.2) is 0 Å². The topological polar surface area (TPSA) is 26.3 Å². The highest BCUT2D eigenvalue weighted by molar-refractivity contribution is 5.89. The molecule has 0 radical (unpaired) electrons. The lowest BCUT2D eigenvalue weighted by atomic mass is 9.63. The SMILES string of the molecule is C[C@@H]1C(=O)[C@H](C)[C@@]23C=C[C@@]1(C2)O3. The van der Waals surface area contributed by atoms with Crippen LogP contribution in [0.4, 0.5) is 0 Å². The second-order valence-electron chi connectivity index (χ2n) is 4.37. The summed E-state index contributed by atoms with van der Waals surface area (Å²) in [5, 5.41) is 0. The van der Waals surface area contributed by atoms with Crippen molar-refractivity contribution < 1.29 is 9.53 Å². The first-order chi connectivity index (χ1) is 5.60. The van der Waals surface area contributed by atoms with Crippen LogP contribution in [0, 0.1) is 11.8 Å². The van der Waals surface area contributed by atoms with Crippen molar-refractivity contribution in [3.05, 3.63) is 12.2 Å². The van der Waals surface area contributed by atoms with Crippen LogP contribution in [0.5, 0.6) is 0 Å². The van der Waals surface area contributed by atoms with E-state index in [9.17, 15) is 4.79 Å². The number of ether oxygens (including phenoxy) is 1. The Morgan fingerprint density at radius 1 is 1.33 bits per heavy atom. The molecule has 0 aromatic rings. The van der Waals surface area contributed by atoms with Crippen molar-refractivity contribution >= 4 is 5.78 Å². The highest BCUT2D eigenvalue weighted by Gasteiger charge is 2.70. The van der Waals surface area contributed by atoms with Gasteiger partial charge in [-0.3, -0.25) is 4.79 Å². The molecule has 3 fully saturated rings. The smallest absolute Gasteiger partial charge is 0.144 e. The van der Waals surface area contributed by atoms with Crippen LogP contribution in [-0.2, 0) is 9.53 Å². The van der Waals surface area contributed by atoms with E-state index >= 15 is 0 Å². The van der Waals surface area contributed by atoms with Gasteiger partial charge in [0.2, 0.25) is 0 Å². The number of rotatable bonds is 0. The quantitative estimate of drug-likeness (QED) is 0.504. The Kier molecular flexibility index (Phi) is 0.874. The summed E-state index contributed by atoms with van der Waals surface area (Å²) in [4.78, 5) is 11.7. The average molecular weight is 164 g/mol. The third-order valence-corrected chi connectivity index (χ3v) is 3.90. The fraction of sp³-hybridized carbons (Fsp3) is 0.700. The van der Waals surface area contributed by atoms with Crippen LogP contribution in [-0.4, -0.2) is 17.0 Å². The second kappa shape index (κ2) is 1.53. The van der Waals surface area contributed by atoms with Gasteiger partial charge >= 0.3 is 0 Å². The Morgan fingerprint density at radius 3 is 2.17 bits per heavy atom. The molecular formula is C10H12O2. The molecule has 4 atom stereocenters. The molecule has 5 aliphatic rings. The van der Waals surface area contributed by atoms with Crippen molar-refractivity contribution in [1.82, 2.24) is 0 Å². The van der Waals surface area contributed by atoms with Gasteiger partial charge in [0.05, 0.1) is 0 Å². The van der Waals surface area contributed by atoms with Crippen LogP contribution in [0.1, 0.15) is 20.3 Å². The van der Waals surface area contributed by atoms with Gasteiger partial charge in [-0.1, -0.05) is 26.0 Å². The molecule has 0 amide bonds. The molecule has 5 rings (SSSR count). The Labute approximate surface area is 71.6 Å². The Bertz CT molecular complexity index is 271. The third kappa shape index (κ3) is 0.446. The lowest BCUT2D eigenvalue weighted by molar-refractivity contribution is -0.264. The van der Waals surface area contributed by atoms with Crippen LogP contribution < -0.4 is 0 Å². The van der Waals surface area contributed by atoms with E-state index < -0.39 is 0 Å². The summed E-state index contributed by atoms with van der Waals surface area (Å²) < 4.78 is 5.82. The van der Waals surface area contributed by atoms with Gasteiger partial charge in [0, 0.05) is 18.3 Å². The van der Waals surface area contributed by atoms with Gasteiger partial charge in [-0.25, -0.2) is 0 Å². The molecule has 2 heteroatoms. The zero-order valence-electron chi connectivity index (χ0n) is 7.33. The number of carbonyl (C=O) groups is 1. The molecule has 2 nitrogen and oxygen atoms in total. The van der Waals surface area contributed by atoms with Crippen LogP contribution in [0.25, 0.3) is 0 Å². The second-order valence-corrected chi connectivity index (χ2v) is 4.37. The van der Waals surface area contributed by atoms with E-state index in [-0.39, 0.29) is 23.0 Å². The maximum atomic E-state index is 11.7. The van der Waals surface area contributed by atoms with Crippen LogP contribution in [0.15, 0.2) is 12.2 Å². The van der Waals surface area contributed by atoms with Gasteiger partial charge in [-0.15, -0.1) is 0 Å². The first-order valence-electron chi connectivity index (χ1n) is 4.54. The highest BCUT2D eigenvalue weighted by atomic mass is 16.6. The zero-order chi connectivity index (χ0) is 8.56. The van der Waals surface area contributed by atoms with E-state index in [2.05, 4.69) is 12.2 Å². The molecule has 0 unspecified atom stereocenters. The zero-order valence-corrected chi connectivity index (χ0v) is 7.33. The number of fused-ring (bicyclic) bond motifs is 2. The summed E-state index contributed by atoms with van der Waals surface area (Å²) in [5.74, 6) is 0.499. The molecule has 0 spiro atoms. The van der Waals surface area contributed by atoms with Crippen LogP contribution in [0.3, 0.4) is 0 Å². The molecule has 1 saturated carbocycles. The predicted molar refractivity (Wildman–Crippen MR) is 43.6 cm³/mol. The number of hydrogen-bond donors (Lipinski definition) is 0. The largest absolute Gasteiger partial charge is 0.359 e. The normalized spacial score (nSPS) is 60.3. The number of carbonyl (C=O) groups excluding carboxylic acids is 1. The van der Waals surface area contributed by atoms with E-state index in [0.717, 1.165) is 6.42 Å². The summed E-state index contributed by atoms with van der Waals surface area (Å²) in [6.07, 6.45) is 5.23. The minimum absolute atomic E-state index is 0.0631. The van der Waals surface area contributed by atoms with Crippen LogP contribution >= 0.6 is 0 Å². The molecule has 0 aromatic heterocycles. The summed E-state index contributed by atoms with van der Waals surface area (Å²) in [7, 11) is 0. The van der Waals surface area contributed by atoms with Crippen molar-refractivity contribution in [3.8, 4) is 0 Å². The molecule has 0 N–H and O–H groups in total. The van der Waals surface area contributed by atoms with Gasteiger partial charge in [-0.05, 0) is 0 Å². The van der Waals surface area contributed by atoms with Crippen molar-refractivity contribution in [3.63, 3.8) is 0 Å². The van der Waals surface area contributed by atoms with Gasteiger partial charge in [0.25, 0.3) is 0 Å². The minimum Gasteiger partial charge on any atom is -0.359 e. The van der Waals surface area contributed by atoms with E-state index in [1.54, 1.807) is 0 Å². The maximum Gasteiger partial charge on any atom is 0.144 e. The van der Waals surface area contributed by atoms with E-state index in [1.807, 2.05) is 13.8 Å². The lowest BCUT2D eigenvalue weighted by Gasteiger charge is -2.58. The Hall–Kier alpha value is -0.630. The maximum absolute atomic E-state index is 11.7. The molecular weight excluding hydrogens is 152 g/mol. The average Bonchev–Trinajstić information content (AvgIpc) is 2.50. The summed E-state index contributed by atoms with van der Waals surface area (Å²) in [6.45, 7) is 3.97. The standard InChI is InChI=1S/C10H12O2/c1-6-8(11)7(2)10-4-3-9(6,5-10)12-10/h3-4,6-7H,5H2,1-2H3/t6-,7+,9+,10-. The number of Topliss-reactive ketones (excluding diaryl/α,β-unsaturated/α-hetero) is 1. The molecule has 3 heterocycles. The molecule has 2 bridgehead atoms. The van der Waals surface area contributed by atoms with Crippen molar-refractivity contribution in [2.24, 2.45) is 11.8 Å². The molecule has 3 aliphatic heterocycles. The Balaban J connectivity index is 2.14. The minimum atomic E-state index is -0.191. The summed E-state index contributed by atoms with van der Waals surface area (Å²) in [5.41, 5.74) is -0.382. The first kappa shape index (κ1) is 6.84. The van der Waals surface area contributed by atoms with Gasteiger partial charge in [0.1, 0.15) is 17.0 Å². The number of hydrogen-bond acceptors (Lipinski definition) is 2. The number of ketones is 1. The summed E-state index contributed by atoms with van der Waals surface area (Å²) in [6, 6.07) is 0.